The molecule has 0 aromatic carbocycles. The van der Waals surface area contributed by atoms with Crippen LogP contribution in [0, 0.1) is 29.1 Å². The average Bonchev–Trinajstić information content (AvgIpc) is 2.39. The molecule has 0 unspecified atom stereocenters. The summed E-state index contributed by atoms with van der Waals surface area (Å²) in [5.74, 6) is 3.29. The van der Waals surface area contributed by atoms with Crippen molar-refractivity contribution in [2.75, 3.05) is 13.7 Å². The van der Waals surface area contributed by atoms with Crippen LogP contribution in [0.25, 0.3) is 0 Å². The molecule has 0 saturated heterocycles. The Morgan fingerprint density at radius 1 is 1.47 bits per heavy atom. The van der Waals surface area contributed by atoms with Crippen molar-refractivity contribution in [2.24, 2.45) is 16.7 Å². The molecular weight excluding hydrogens is 234 g/mol. The first kappa shape index (κ1) is 14.6. The maximum Gasteiger partial charge on any atom is 0.0502 e. The van der Waals surface area contributed by atoms with E-state index in [0.717, 1.165) is 25.7 Å². The first-order valence-corrected chi connectivity index (χ1v) is 7.35. The molecule has 0 radical (unpaired) electrons. The Bertz CT molecular complexity index is 435. The average molecular weight is 261 g/mol. The van der Waals surface area contributed by atoms with E-state index in [1.54, 1.807) is 0 Å². The van der Waals surface area contributed by atoms with E-state index in [2.05, 4.69) is 38.1 Å². The topological polar surface area (TPSA) is 32.3 Å². The molecule has 0 amide bonds. The number of terminal acetylenes is 1. The van der Waals surface area contributed by atoms with Crippen LogP contribution in [0.3, 0.4) is 0 Å². The molecule has 0 heterocycles. The lowest BCUT2D eigenvalue weighted by molar-refractivity contribution is -0.0773. The van der Waals surface area contributed by atoms with E-state index in [9.17, 15) is 5.11 Å². The maximum atomic E-state index is 9.90. The second-order valence-corrected chi connectivity index (χ2v) is 6.79. The van der Waals surface area contributed by atoms with Crippen molar-refractivity contribution in [1.29, 1.82) is 0 Å². The summed E-state index contributed by atoms with van der Waals surface area (Å²) < 4.78 is 0. The van der Waals surface area contributed by atoms with Crippen LogP contribution in [0.4, 0.5) is 0 Å². The van der Waals surface area contributed by atoms with Gasteiger partial charge in [0.05, 0.1) is 6.61 Å². The Hall–Kier alpha value is -0.780. The summed E-state index contributed by atoms with van der Waals surface area (Å²) >= 11 is 0. The number of aliphatic hydroxyl groups excluding tert-OH is 1. The van der Waals surface area contributed by atoms with Gasteiger partial charge in [-0.2, -0.15) is 0 Å². The second-order valence-electron chi connectivity index (χ2n) is 6.79. The molecule has 0 bridgehead atoms. The predicted octanol–water partition coefficient (Wildman–Crippen LogP) is 2.73. The molecule has 2 rings (SSSR count). The van der Waals surface area contributed by atoms with Crippen molar-refractivity contribution in [2.45, 2.75) is 52.0 Å². The van der Waals surface area contributed by atoms with Crippen LogP contribution in [0.2, 0.25) is 0 Å². The fourth-order valence-electron chi connectivity index (χ4n) is 4.96. The van der Waals surface area contributed by atoms with E-state index in [1.807, 2.05) is 7.05 Å². The first-order valence-electron chi connectivity index (χ1n) is 7.35. The smallest absolute Gasteiger partial charge is 0.0502 e. The van der Waals surface area contributed by atoms with Crippen molar-refractivity contribution in [3.8, 4) is 12.3 Å². The summed E-state index contributed by atoms with van der Waals surface area (Å²) in [7, 11) is 2.03. The minimum atomic E-state index is -0.153. The van der Waals surface area contributed by atoms with E-state index in [0.29, 0.717) is 0 Å². The maximum absolute atomic E-state index is 9.90. The summed E-state index contributed by atoms with van der Waals surface area (Å²) in [6, 6.07) is 0. The van der Waals surface area contributed by atoms with E-state index in [1.165, 1.54) is 5.57 Å². The van der Waals surface area contributed by atoms with Crippen LogP contribution in [0.1, 0.15) is 46.5 Å². The highest BCUT2D eigenvalue weighted by atomic mass is 16.3. The minimum absolute atomic E-state index is 0.0225. The Kier molecular flexibility index (Phi) is 3.58. The summed E-state index contributed by atoms with van der Waals surface area (Å²) in [5.41, 5.74) is 1.07. The van der Waals surface area contributed by atoms with Crippen LogP contribution in [-0.2, 0) is 0 Å². The van der Waals surface area contributed by atoms with E-state index >= 15 is 0 Å². The molecule has 2 heteroatoms. The monoisotopic (exact) mass is 261 g/mol. The van der Waals surface area contributed by atoms with Gasteiger partial charge in [-0.1, -0.05) is 30.9 Å². The molecule has 4 atom stereocenters. The van der Waals surface area contributed by atoms with Crippen LogP contribution in [-0.4, -0.2) is 24.3 Å². The Labute approximate surface area is 117 Å². The Morgan fingerprint density at radius 2 is 2.16 bits per heavy atom. The first-order chi connectivity index (χ1) is 8.90. The predicted molar refractivity (Wildman–Crippen MR) is 79.6 cm³/mol. The molecule has 19 heavy (non-hydrogen) atoms. The largest absolute Gasteiger partial charge is 0.396 e. The minimum Gasteiger partial charge on any atom is -0.396 e. The lowest BCUT2D eigenvalue weighted by Gasteiger charge is -2.64. The number of hydrogen-bond donors (Lipinski definition) is 2. The van der Waals surface area contributed by atoms with Gasteiger partial charge in [-0.05, 0) is 45.6 Å². The third-order valence-electron chi connectivity index (χ3n) is 6.27. The molecule has 2 aliphatic rings. The van der Waals surface area contributed by atoms with Gasteiger partial charge in [0.2, 0.25) is 0 Å². The van der Waals surface area contributed by atoms with Crippen molar-refractivity contribution in [3.63, 3.8) is 0 Å². The fourth-order valence-corrected chi connectivity index (χ4v) is 4.96. The van der Waals surface area contributed by atoms with Gasteiger partial charge in [-0.3, -0.25) is 0 Å². The van der Waals surface area contributed by atoms with Gasteiger partial charge in [0, 0.05) is 16.9 Å². The number of hydrogen-bond acceptors (Lipinski definition) is 2. The van der Waals surface area contributed by atoms with E-state index in [-0.39, 0.29) is 28.9 Å². The summed E-state index contributed by atoms with van der Waals surface area (Å²) in [6.45, 7) is 6.88. The van der Waals surface area contributed by atoms with Crippen molar-refractivity contribution < 1.29 is 5.11 Å². The number of rotatable bonds is 2. The number of nitrogens with one attached hydrogen (secondary N) is 1. The zero-order valence-electron chi connectivity index (χ0n) is 12.7. The molecule has 0 aromatic heterocycles. The van der Waals surface area contributed by atoms with Gasteiger partial charge in [-0.15, -0.1) is 6.42 Å². The zero-order chi connectivity index (χ0) is 14.3. The van der Waals surface area contributed by atoms with Crippen LogP contribution in [0.5, 0.6) is 0 Å². The molecule has 1 fully saturated rings. The van der Waals surface area contributed by atoms with Gasteiger partial charge in [0.25, 0.3) is 0 Å². The molecule has 2 N–H and O–H groups in total. The summed E-state index contributed by atoms with van der Waals surface area (Å²) in [5, 5.41) is 13.5. The molecule has 0 spiro atoms. The Morgan fingerprint density at radius 3 is 2.68 bits per heavy atom. The standard InChI is InChI=1S/C17H27NO/c1-6-15(3)9-7-10-16(4)14(12-19)13(2)8-11-17(15,16)18-5/h1,8,14,18-19H,7,9-12H2,2-5H3/t14-,15+,16+,17+/m0/s1. The van der Waals surface area contributed by atoms with Gasteiger partial charge in [0.15, 0.2) is 0 Å². The second kappa shape index (κ2) is 4.65. The quantitative estimate of drug-likeness (QED) is 0.592. The summed E-state index contributed by atoms with van der Waals surface area (Å²) in [6.07, 6.45) is 12.5. The summed E-state index contributed by atoms with van der Waals surface area (Å²) in [4.78, 5) is 0. The zero-order valence-corrected chi connectivity index (χ0v) is 12.7. The SMILES string of the molecule is C#C[C@]1(C)CCC[C@]2(C)[C@@H](CO)C(C)=CC[C@@]12NC. The van der Waals surface area contributed by atoms with Crippen molar-refractivity contribution >= 4 is 0 Å². The van der Waals surface area contributed by atoms with Crippen LogP contribution >= 0.6 is 0 Å². The van der Waals surface area contributed by atoms with Gasteiger partial charge in [-0.25, -0.2) is 0 Å². The lowest BCUT2D eigenvalue weighted by atomic mass is 9.44. The van der Waals surface area contributed by atoms with Gasteiger partial charge >= 0.3 is 0 Å². The van der Waals surface area contributed by atoms with Crippen molar-refractivity contribution in [1.82, 2.24) is 5.32 Å². The molecule has 0 aromatic rings. The molecule has 106 valence electrons. The fraction of sp³-hybridized carbons (Fsp3) is 0.765. The Balaban J connectivity index is 2.63. The van der Waals surface area contributed by atoms with Crippen LogP contribution in [0.15, 0.2) is 11.6 Å². The van der Waals surface area contributed by atoms with Gasteiger partial charge in [0.1, 0.15) is 0 Å². The highest BCUT2D eigenvalue weighted by Gasteiger charge is 2.63. The molecule has 1 saturated carbocycles. The normalized spacial score (nSPS) is 46.1. The molecule has 0 aliphatic heterocycles. The highest BCUT2D eigenvalue weighted by Crippen LogP contribution is 2.61. The third-order valence-corrected chi connectivity index (χ3v) is 6.27. The highest BCUT2D eigenvalue weighted by molar-refractivity contribution is 5.32. The molecule has 2 aliphatic carbocycles. The van der Waals surface area contributed by atoms with Gasteiger partial charge < -0.3 is 10.4 Å². The number of aliphatic hydroxyl groups is 1. The number of fused-ring (bicyclic) bond motifs is 1. The molecule has 2 nitrogen and oxygen atoms in total. The van der Waals surface area contributed by atoms with E-state index < -0.39 is 0 Å². The van der Waals surface area contributed by atoms with E-state index in [4.69, 9.17) is 6.42 Å². The van der Waals surface area contributed by atoms with Crippen molar-refractivity contribution in [3.05, 3.63) is 11.6 Å². The van der Waals surface area contributed by atoms with Crippen LogP contribution < -0.4 is 5.32 Å². The third kappa shape index (κ3) is 1.65. The lowest BCUT2D eigenvalue weighted by Crippen LogP contribution is -2.70. The molecular formula is C17H27NO.